The molecule has 0 spiro atoms. The van der Waals surface area contributed by atoms with Crippen molar-refractivity contribution in [3.63, 3.8) is 0 Å². The van der Waals surface area contributed by atoms with Gasteiger partial charge in [0.1, 0.15) is 5.82 Å². The number of nitrogens with zero attached hydrogens (tertiary/aromatic N) is 2. The third-order valence-corrected chi connectivity index (χ3v) is 4.22. The van der Waals surface area contributed by atoms with E-state index in [2.05, 4.69) is 76.1 Å². The Kier molecular flexibility index (Phi) is 6.20. The quantitative estimate of drug-likeness (QED) is 0.578. The van der Waals surface area contributed by atoms with Crippen LogP contribution in [-0.4, -0.2) is 16.5 Å². The predicted molar refractivity (Wildman–Crippen MR) is 109 cm³/mol. The van der Waals surface area contributed by atoms with E-state index >= 15 is 0 Å². The number of nitrogens with one attached hydrogen (secondary N) is 2. The number of hydrogen-bond donors (Lipinski definition) is 2. The second-order valence-corrected chi connectivity index (χ2v) is 6.57. The summed E-state index contributed by atoms with van der Waals surface area (Å²) < 4.78 is 0. The molecular weight excluding hydrogens is 320 g/mol. The summed E-state index contributed by atoms with van der Waals surface area (Å²) in [5.74, 6) is 1.54. The Bertz CT molecular complexity index is 813. The third kappa shape index (κ3) is 5.59. The predicted octanol–water partition coefficient (Wildman–Crippen LogP) is 4.75. The zero-order valence-corrected chi connectivity index (χ0v) is 15.5. The Morgan fingerprint density at radius 3 is 2.35 bits per heavy atom. The molecule has 26 heavy (non-hydrogen) atoms. The van der Waals surface area contributed by atoms with Gasteiger partial charge in [0.25, 0.3) is 0 Å². The lowest BCUT2D eigenvalue weighted by atomic mass is 10.1. The Balaban J connectivity index is 1.51. The molecule has 0 saturated carbocycles. The van der Waals surface area contributed by atoms with Gasteiger partial charge in [-0.3, -0.25) is 0 Å². The summed E-state index contributed by atoms with van der Waals surface area (Å²) in [6.45, 7) is 5.70. The molecule has 0 aliphatic carbocycles. The summed E-state index contributed by atoms with van der Waals surface area (Å²) in [6, 6.07) is 21.0. The van der Waals surface area contributed by atoms with Gasteiger partial charge in [-0.1, -0.05) is 60.2 Å². The van der Waals surface area contributed by atoms with Crippen molar-refractivity contribution in [1.29, 1.82) is 0 Å². The van der Waals surface area contributed by atoms with Crippen molar-refractivity contribution in [2.24, 2.45) is 0 Å². The molecule has 2 aromatic carbocycles. The van der Waals surface area contributed by atoms with Crippen LogP contribution >= 0.6 is 0 Å². The fourth-order valence-electron chi connectivity index (χ4n) is 2.77. The normalized spacial score (nSPS) is 10.5. The molecule has 0 saturated heterocycles. The van der Waals surface area contributed by atoms with E-state index in [1.165, 1.54) is 16.7 Å². The van der Waals surface area contributed by atoms with Crippen LogP contribution in [0.1, 0.15) is 28.8 Å². The van der Waals surface area contributed by atoms with Gasteiger partial charge in [0.15, 0.2) is 0 Å². The van der Waals surface area contributed by atoms with E-state index < -0.39 is 0 Å². The Morgan fingerprint density at radius 2 is 1.58 bits per heavy atom. The van der Waals surface area contributed by atoms with Gasteiger partial charge < -0.3 is 10.6 Å². The smallest absolute Gasteiger partial charge is 0.224 e. The minimum atomic E-state index is 0.685. The number of hydrogen-bond acceptors (Lipinski definition) is 4. The maximum absolute atomic E-state index is 4.58. The molecule has 0 unspecified atom stereocenters. The first-order valence-corrected chi connectivity index (χ1v) is 9.12. The molecule has 3 aromatic rings. The topological polar surface area (TPSA) is 49.8 Å². The SMILES string of the molecule is Cc1ccc(CNc2cc(C)nc(NCCCc3ccccc3)n2)cc1. The summed E-state index contributed by atoms with van der Waals surface area (Å²) in [5, 5.41) is 6.73. The first kappa shape index (κ1) is 17.9. The first-order chi connectivity index (χ1) is 12.7. The van der Waals surface area contributed by atoms with Gasteiger partial charge in [-0.25, -0.2) is 4.98 Å². The summed E-state index contributed by atoms with van der Waals surface area (Å²) in [5.41, 5.74) is 4.83. The maximum Gasteiger partial charge on any atom is 0.224 e. The second-order valence-electron chi connectivity index (χ2n) is 6.57. The molecule has 0 amide bonds. The molecule has 4 heteroatoms. The van der Waals surface area contributed by atoms with Crippen LogP contribution in [0.25, 0.3) is 0 Å². The molecular formula is C22H26N4. The second kappa shape index (κ2) is 8.99. The van der Waals surface area contributed by atoms with Crippen LogP contribution in [0.15, 0.2) is 60.7 Å². The molecule has 3 rings (SSSR count). The van der Waals surface area contributed by atoms with Crippen LogP contribution in [0.5, 0.6) is 0 Å². The van der Waals surface area contributed by atoms with Crippen LogP contribution in [-0.2, 0) is 13.0 Å². The average molecular weight is 346 g/mol. The van der Waals surface area contributed by atoms with Crippen molar-refractivity contribution >= 4 is 11.8 Å². The van der Waals surface area contributed by atoms with Crippen LogP contribution < -0.4 is 10.6 Å². The van der Waals surface area contributed by atoms with Crippen molar-refractivity contribution in [3.05, 3.63) is 83.0 Å². The van der Waals surface area contributed by atoms with E-state index in [9.17, 15) is 0 Å². The van der Waals surface area contributed by atoms with Crippen molar-refractivity contribution in [2.45, 2.75) is 33.2 Å². The fraction of sp³-hybridized carbons (Fsp3) is 0.273. The van der Waals surface area contributed by atoms with E-state index in [0.29, 0.717) is 5.95 Å². The number of anilines is 2. The van der Waals surface area contributed by atoms with Crippen LogP contribution in [0, 0.1) is 13.8 Å². The monoisotopic (exact) mass is 346 g/mol. The lowest BCUT2D eigenvalue weighted by molar-refractivity contribution is 0.851. The van der Waals surface area contributed by atoms with Crippen molar-refractivity contribution in [3.8, 4) is 0 Å². The zero-order valence-electron chi connectivity index (χ0n) is 15.5. The molecule has 1 aromatic heterocycles. The number of aromatic nitrogens is 2. The molecule has 0 aliphatic rings. The molecule has 0 radical (unpaired) electrons. The molecule has 0 atom stereocenters. The molecule has 4 nitrogen and oxygen atoms in total. The lowest BCUT2D eigenvalue weighted by Gasteiger charge is -2.10. The molecule has 0 bridgehead atoms. The first-order valence-electron chi connectivity index (χ1n) is 9.12. The van der Waals surface area contributed by atoms with Gasteiger partial charge in [0, 0.05) is 24.8 Å². The molecule has 1 heterocycles. The van der Waals surface area contributed by atoms with E-state index in [4.69, 9.17) is 0 Å². The van der Waals surface area contributed by atoms with Crippen molar-refractivity contribution in [2.75, 3.05) is 17.2 Å². The van der Waals surface area contributed by atoms with Gasteiger partial charge in [-0.05, 0) is 37.8 Å². The van der Waals surface area contributed by atoms with E-state index in [1.54, 1.807) is 0 Å². The summed E-state index contributed by atoms with van der Waals surface area (Å²) in [4.78, 5) is 9.06. The van der Waals surface area contributed by atoms with Gasteiger partial charge in [-0.2, -0.15) is 4.98 Å². The van der Waals surface area contributed by atoms with E-state index in [1.807, 2.05) is 19.1 Å². The molecule has 0 aliphatic heterocycles. The molecule has 2 N–H and O–H groups in total. The van der Waals surface area contributed by atoms with E-state index in [0.717, 1.165) is 37.4 Å². The highest BCUT2D eigenvalue weighted by molar-refractivity contribution is 5.42. The van der Waals surface area contributed by atoms with Crippen molar-refractivity contribution in [1.82, 2.24) is 9.97 Å². The van der Waals surface area contributed by atoms with E-state index in [-0.39, 0.29) is 0 Å². The van der Waals surface area contributed by atoms with Crippen molar-refractivity contribution < 1.29 is 0 Å². The highest BCUT2D eigenvalue weighted by atomic mass is 15.1. The summed E-state index contributed by atoms with van der Waals surface area (Å²) in [6.07, 6.45) is 2.10. The molecule has 134 valence electrons. The summed E-state index contributed by atoms with van der Waals surface area (Å²) >= 11 is 0. The van der Waals surface area contributed by atoms with Gasteiger partial charge in [-0.15, -0.1) is 0 Å². The standard InChI is InChI=1S/C22H26N4/c1-17-10-12-20(13-11-17)16-24-21-15-18(2)25-22(26-21)23-14-6-9-19-7-4-3-5-8-19/h3-5,7-8,10-13,15H,6,9,14,16H2,1-2H3,(H2,23,24,25,26). The highest BCUT2D eigenvalue weighted by Crippen LogP contribution is 2.12. The van der Waals surface area contributed by atoms with Gasteiger partial charge in [0.05, 0.1) is 0 Å². The zero-order chi connectivity index (χ0) is 18.2. The third-order valence-electron chi connectivity index (χ3n) is 4.22. The molecule has 0 fully saturated rings. The van der Waals surface area contributed by atoms with Gasteiger partial charge in [0.2, 0.25) is 5.95 Å². The fourth-order valence-corrected chi connectivity index (χ4v) is 2.77. The Hall–Kier alpha value is -2.88. The largest absolute Gasteiger partial charge is 0.366 e. The van der Waals surface area contributed by atoms with Crippen LogP contribution in [0.3, 0.4) is 0 Å². The number of benzene rings is 2. The minimum Gasteiger partial charge on any atom is -0.366 e. The van der Waals surface area contributed by atoms with Gasteiger partial charge >= 0.3 is 0 Å². The average Bonchev–Trinajstić information content (AvgIpc) is 2.65. The number of aryl methyl sites for hydroxylation is 3. The Labute approximate surface area is 155 Å². The highest BCUT2D eigenvalue weighted by Gasteiger charge is 2.02. The van der Waals surface area contributed by atoms with Crippen LogP contribution in [0.2, 0.25) is 0 Å². The van der Waals surface area contributed by atoms with Crippen LogP contribution in [0.4, 0.5) is 11.8 Å². The summed E-state index contributed by atoms with van der Waals surface area (Å²) in [7, 11) is 0. The number of rotatable bonds is 8. The maximum atomic E-state index is 4.58. The lowest BCUT2D eigenvalue weighted by Crippen LogP contribution is -2.09. The minimum absolute atomic E-state index is 0.685. The Morgan fingerprint density at radius 1 is 0.808 bits per heavy atom.